The molecule has 7 heteroatoms. The molecule has 0 radical (unpaired) electrons. The molecule has 0 spiro atoms. The highest BCUT2D eigenvalue weighted by Gasteiger charge is 2.24. The van der Waals surface area contributed by atoms with Crippen LogP contribution in [0.1, 0.15) is 32.6 Å². The van der Waals surface area contributed by atoms with Gasteiger partial charge in [-0.3, -0.25) is 4.79 Å². The number of nitrogens with one attached hydrogen (secondary N) is 2. The molecule has 2 aromatic rings. The van der Waals surface area contributed by atoms with Gasteiger partial charge in [0, 0.05) is 31.6 Å². The molecule has 26 heavy (non-hydrogen) atoms. The number of amides is 1. The van der Waals surface area contributed by atoms with Gasteiger partial charge in [0.05, 0.1) is 10.3 Å². The van der Waals surface area contributed by atoms with Gasteiger partial charge in [-0.1, -0.05) is 28.1 Å². The van der Waals surface area contributed by atoms with E-state index in [9.17, 15) is 4.79 Å². The molecule has 1 unspecified atom stereocenters. The van der Waals surface area contributed by atoms with Gasteiger partial charge < -0.3 is 15.5 Å². The quantitative estimate of drug-likeness (QED) is 0.727. The van der Waals surface area contributed by atoms with E-state index in [0.717, 1.165) is 42.4 Å². The zero-order chi connectivity index (χ0) is 18.7. The average Bonchev–Trinajstić information content (AvgIpc) is 2.62. The lowest BCUT2D eigenvalue weighted by molar-refractivity contribution is -0.121. The predicted molar refractivity (Wildman–Crippen MR) is 110 cm³/mol. The summed E-state index contributed by atoms with van der Waals surface area (Å²) in [5.74, 6) is 1.66. The summed E-state index contributed by atoms with van der Waals surface area (Å²) >= 11 is 3.32. The maximum absolute atomic E-state index is 11.8. The van der Waals surface area contributed by atoms with Gasteiger partial charge in [0.2, 0.25) is 11.9 Å². The molecule has 1 heterocycles. The Morgan fingerprint density at radius 2 is 1.81 bits per heavy atom. The molecule has 1 aliphatic rings. The molecule has 1 aliphatic carbocycles. The second-order valence-corrected chi connectivity index (χ2v) is 8.47. The van der Waals surface area contributed by atoms with Crippen molar-refractivity contribution in [2.45, 2.75) is 49.5 Å². The molecular formula is C19H26BrN5O. The summed E-state index contributed by atoms with van der Waals surface area (Å²) in [6.07, 6.45) is 3.93. The smallest absolute Gasteiger partial charge is 0.233 e. The molecule has 1 aromatic carbocycles. The Kier molecular flexibility index (Phi) is 5.96. The summed E-state index contributed by atoms with van der Waals surface area (Å²) in [6.45, 7) is 1.85. The first kappa shape index (κ1) is 18.9. The highest BCUT2D eigenvalue weighted by Crippen LogP contribution is 2.26. The lowest BCUT2D eigenvalue weighted by atomic mass is 9.91. The number of carbonyl (C=O) groups excluding carboxylic acids is 1. The van der Waals surface area contributed by atoms with Crippen molar-refractivity contribution in [3.63, 3.8) is 0 Å². The van der Waals surface area contributed by atoms with Gasteiger partial charge in [-0.25, -0.2) is 4.98 Å². The van der Waals surface area contributed by atoms with Crippen LogP contribution >= 0.6 is 15.9 Å². The Hall–Kier alpha value is -1.89. The number of hydrogen-bond donors (Lipinski definition) is 2. The Balaban J connectivity index is 1.66. The number of alkyl halides is 1. The lowest BCUT2D eigenvalue weighted by Crippen LogP contribution is -2.42. The van der Waals surface area contributed by atoms with Crippen LogP contribution in [0.5, 0.6) is 0 Å². The van der Waals surface area contributed by atoms with Crippen LogP contribution < -0.4 is 15.5 Å². The normalized spacial score (nSPS) is 21.2. The van der Waals surface area contributed by atoms with E-state index in [4.69, 9.17) is 4.98 Å². The SMILES string of the molecule is CC(Br)C(=O)N[C@H]1CC[C@@H](Nc2nc(N(C)C)c3ccccc3n2)CC1. The van der Waals surface area contributed by atoms with Gasteiger partial charge in [0.1, 0.15) is 5.82 Å². The van der Waals surface area contributed by atoms with Crippen LogP contribution in [0.15, 0.2) is 24.3 Å². The van der Waals surface area contributed by atoms with Crippen LogP contribution in [0.2, 0.25) is 0 Å². The minimum Gasteiger partial charge on any atom is -0.362 e. The number of nitrogens with zero attached hydrogens (tertiary/aromatic N) is 3. The number of benzene rings is 1. The third kappa shape index (κ3) is 4.44. The molecule has 1 aromatic heterocycles. The summed E-state index contributed by atoms with van der Waals surface area (Å²) in [4.78, 5) is 23.1. The summed E-state index contributed by atoms with van der Waals surface area (Å²) in [5.41, 5.74) is 0.945. The fourth-order valence-corrected chi connectivity index (χ4v) is 3.48. The maximum atomic E-state index is 11.8. The number of halogens is 1. The number of fused-ring (bicyclic) bond motifs is 1. The van der Waals surface area contributed by atoms with Crippen molar-refractivity contribution < 1.29 is 4.79 Å². The first-order valence-electron chi connectivity index (χ1n) is 9.09. The summed E-state index contributed by atoms with van der Waals surface area (Å²) in [6, 6.07) is 8.67. The Labute approximate surface area is 162 Å². The van der Waals surface area contributed by atoms with Crippen molar-refractivity contribution in [2.75, 3.05) is 24.3 Å². The number of rotatable bonds is 5. The van der Waals surface area contributed by atoms with Crippen molar-refractivity contribution in [3.05, 3.63) is 24.3 Å². The minimum atomic E-state index is -0.145. The number of hydrogen-bond acceptors (Lipinski definition) is 5. The van der Waals surface area contributed by atoms with Gasteiger partial charge in [0.25, 0.3) is 0 Å². The number of anilines is 2. The zero-order valence-electron chi connectivity index (χ0n) is 15.5. The van der Waals surface area contributed by atoms with Gasteiger partial charge in [-0.15, -0.1) is 0 Å². The van der Waals surface area contributed by atoms with E-state index < -0.39 is 0 Å². The van der Waals surface area contributed by atoms with Crippen molar-refractivity contribution >= 4 is 44.5 Å². The number of carbonyl (C=O) groups is 1. The molecule has 3 rings (SSSR count). The molecular weight excluding hydrogens is 394 g/mol. The maximum Gasteiger partial charge on any atom is 0.233 e. The van der Waals surface area contributed by atoms with E-state index in [1.165, 1.54) is 0 Å². The lowest BCUT2D eigenvalue weighted by Gasteiger charge is -2.30. The van der Waals surface area contributed by atoms with Gasteiger partial charge in [0.15, 0.2) is 0 Å². The van der Waals surface area contributed by atoms with E-state index in [1.807, 2.05) is 50.2 Å². The van der Waals surface area contributed by atoms with E-state index >= 15 is 0 Å². The van der Waals surface area contributed by atoms with E-state index in [0.29, 0.717) is 12.0 Å². The molecule has 1 fully saturated rings. The fraction of sp³-hybridized carbons (Fsp3) is 0.526. The highest BCUT2D eigenvalue weighted by atomic mass is 79.9. The highest BCUT2D eigenvalue weighted by molar-refractivity contribution is 9.10. The largest absolute Gasteiger partial charge is 0.362 e. The minimum absolute atomic E-state index is 0.0647. The van der Waals surface area contributed by atoms with E-state index in [-0.39, 0.29) is 16.8 Å². The molecule has 0 saturated heterocycles. The van der Waals surface area contributed by atoms with Crippen LogP contribution in [0.3, 0.4) is 0 Å². The van der Waals surface area contributed by atoms with Crippen molar-refractivity contribution in [2.24, 2.45) is 0 Å². The molecule has 2 N–H and O–H groups in total. The van der Waals surface area contributed by atoms with Gasteiger partial charge in [-0.2, -0.15) is 4.98 Å². The predicted octanol–water partition coefficient (Wildman–Crippen LogP) is 3.32. The Morgan fingerprint density at radius 3 is 2.46 bits per heavy atom. The number of para-hydroxylation sites is 1. The standard InChI is InChI=1S/C19H26BrN5O/c1-12(20)18(26)21-13-8-10-14(11-9-13)22-19-23-16-7-5-4-6-15(16)17(24-19)25(2)3/h4-7,12-14H,8-11H2,1-3H3,(H,21,26)(H,22,23,24)/t12?,13-,14+. The Bertz CT molecular complexity index is 772. The first-order valence-corrected chi connectivity index (χ1v) is 10.0. The molecule has 1 atom stereocenters. The fourth-order valence-electron chi connectivity index (χ4n) is 3.35. The van der Waals surface area contributed by atoms with Crippen LogP contribution in [0.4, 0.5) is 11.8 Å². The average molecular weight is 420 g/mol. The van der Waals surface area contributed by atoms with Crippen molar-refractivity contribution in [3.8, 4) is 0 Å². The molecule has 1 saturated carbocycles. The molecule has 1 amide bonds. The second kappa shape index (κ2) is 8.20. The van der Waals surface area contributed by atoms with Crippen molar-refractivity contribution in [1.29, 1.82) is 0 Å². The topological polar surface area (TPSA) is 70.2 Å². The third-order valence-corrected chi connectivity index (χ3v) is 5.19. The van der Waals surface area contributed by atoms with Gasteiger partial charge >= 0.3 is 0 Å². The molecule has 140 valence electrons. The van der Waals surface area contributed by atoms with Crippen LogP contribution in [0.25, 0.3) is 10.9 Å². The monoisotopic (exact) mass is 419 g/mol. The van der Waals surface area contributed by atoms with E-state index in [2.05, 4.69) is 31.5 Å². The second-order valence-electron chi connectivity index (χ2n) is 7.10. The molecule has 0 bridgehead atoms. The summed E-state index contributed by atoms with van der Waals surface area (Å²) in [5, 5.41) is 7.65. The van der Waals surface area contributed by atoms with Crippen molar-refractivity contribution in [1.82, 2.24) is 15.3 Å². The van der Waals surface area contributed by atoms with E-state index in [1.54, 1.807) is 0 Å². The number of aromatic nitrogens is 2. The van der Waals surface area contributed by atoms with Crippen LogP contribution in [-0.4, -0.2) is 46.9 Å². The third-order valence-electron chi connectivity index (χ3n) is 4.77. The summed E-state index contributed by atoms with van der Waals surface area (Å²) in [7, 11) is 3.99. The van der Waals surface area contributed by atoms with Crippen LogP contribution in [-0.2, 0) is 4.79 Å². The molecule has 6 nitrogen and oxygen atoms in total. The zero-order valence-corrected chi connectivity index (χ0v) is 17.1. The molecule has 0 aliphatic heterocycles. The van der Waals surface area contributed by atoms with Gasteiger partial charge in [-0.05, 0) is 44.7 Å². The first-order chi connectivity index (χ1) is 12.4. The Morgan fingerprint density at radius 1 is 1.15 bits per heavy atom. The summed E-state index contributed by atoms with van der Waals surface area (Å²) < 4.78 is 0. The van der Waals surface area contributed by atoms with Crippen LogP contribution in [0, 0.1) is 0 Å².